The van der Waals surface area contributed by atoms with Gasteiger partial charge in [-0.25, -0.2) is 4.79 Å². The largest absolute Gasteiger partial charge is 0.356 e. The van der Waals surface area contributed by atoms with E-state index >= 15 is 0 Å². The zero-order chi connectivity index (χ0) is 23.4. The molecule has 7 nitrogen and oxygen atoms in total. The van der Waals surface area contributed by atoms with Crippen molar-refractivity contribution >= 4 is 29.2 Å². The summed E-state index contributed by atoms with van der Waals surface area (Å²) in [4.78, 5) is 36.2. The summed E-state index contributed by atoms with van der Waals surface area (Å²) in [6, 6.07) is 16.1. The van der Waals surface area contributed by atoms with Gasteiger partial charge in [0.25, 0.3) is 0 Å². The number of carbonyl (C=O) groups is 3. The molecule has 1 heterocycles. The van der Waals surface area contributed by atoms with Gasteiger partial charge >= 0.3 is 6.03 Å². The van der Waals surface area contributed by atoms with E-state index < -0.39 is 17.8 Å². The van der Waals surface area contributed by atoms with E-state index in [1.165, 1.54) is 36.1 Å². The fourth-order valence-electron chi connectivity index (χ4n) is 4.51. The zero-order valence-electron chi connectivity index (χ0n) is 19.3. The number of benzene rings is 2. The average Bonchev–Trinajstić information content (AvgIpc) is 2.78. The Labute approximate surface area is 194 Å². The highest BCUT2D eigenvalue weighted by molar-refractivity contribution is 6.02. The van der Waals surface area contributed by atoms with Crippen LogP contribution in [0.25, 0.3) is 0 Å². The molecule has 7 heteroatoms. The fraction of sp³-hybridized carbons (Fsp3) is 0.423. The molecule has 0 unspecified atom stereocenters. The van der Waals surface area contributed by atoms with E-state index in [-0.39, 0.29) is 13.1 Å². The van der Waals surface area contributed by atoms with Crippen molar-refractivity contribution in [2.24, 2.45) is 5.41 Å². The first-order valence-electron chi connectivity index (χ1n) is 11.6. The lowest BCUT2D eigenvalue weighted by molar-refractivity contribution is -0.134. The number of anilines is 2. The molecule has 2 fully saturated rings. The molecule has 4 rings (SSSR count). The number of urea groups is 1. The lowest BCUT2D eigenvalue weighted by Crippen LogP contribution is -2.55. The molecular formula is C26H32N4O3. The normalized spacial score (nSPS) is 18.5. The van der Waals surface area contributed by atoms with E-state index in [1.807, 2.05) is 24.3 Å². The smallest absolute Gasteiger partial charge is 0.318 e. The van der Waals surface area contributed by atoms with Crippen LogP contribution in [0.15, 0.2) is 48.5 Å². The summed E-state index contributed by atoms with van der Waals surface area (Å²) in [6.45, 7) is 4.83. The topological polar surface area (TPSA) is 90.5 Å². The summed E-state index contributed by atoms with van der Waals surface area (Å²) in [5.74, 6) is -0.265. The zero-order valence-corrected chi connectivity index (χ0v) is 19.3. The molecule has 1 saturated heterocycles. The lowest BCUT2D eigenvalue weighted by Gasteiger charge is -2.34. The Morgan fingerprint density at radius 3 is 2.06 bits per heavy atom. The van der Waals surface area contributed by atoms with Crippen molar-refractivity contribution in [3.8, 4) is 0 Å². The summed E-state index contributed by atoms with van der Waals surface area (Å²) in [5, 5.41) is 8.36. The number of rotatable bonds is 5. The summed E-state index contributed by atoms with van der Waals surface area (Å²) in [6.07, 6.45) is 5.10. The molecule has 4 amide bonds. The Morgan fingerprint density at radius 2 is 1.48 bits per heavy atom. The standard InChI is InChI=1S/C26H32N4O3/c1-26(2)13-11-20(12-14-26)19-5-9-22(10-6-19)28-21-7-3-18(4-8-21)15-27-25(33)30-16-23(31)29-24(32)17-30/h3-10,20,28H,11-17H2,1-2H3,(H,27,33)(H,29,31,32). The predicted octanol–water partition coefficient (Wildman–Crippen LogP) is 4.28. The van der Waals surface area contributed by atoms with Crippen LogP contribution in [-0.4, -0.2) is 35.8 Å². The molecule has 33 heavy (non-hydrogen) atoms. The van der Waals surface area contributed by atoms with Crippen molar-refractivity contribution in [1.29, 1.82) is 0 Å². The van der Waals surface area contributed by atoms with Crippen LogP contribution < -0.4 is 16.0 Å². The number of hydrogen-bond acceptors (Lipinski definition) is 4. The van der Waals surface area contributed by atoms with Crippen LogP contribution in [0.5, 0.6) is 0 Å². The minimum atomic E-state index is -0.465. The number of imide groups is 1. The second-order valence-corrected chi connectivity index (χ2v) is 9.87. The maximum Gasteiger partial charge on any atom is 0.318 e. The SMILES string of the molecule is CC1(C)CCC(c2ccc(Nc3ccc(CNC(=O)N4CC(=O)NC(=O)C4)cc3)cc2)CC1. The van der Waals surface area contributed by atoms with Crippen molar-refractivity contribution in [3.05, 3.63) is 59.7 Å². The molecule has 0 spiro atoms. The first-order valence-corrected chi connectivity index (χ1v) is 11.6. The van der Waals surface area contributed by atoms with Crippen LogP contribution in [-0.2, 0) is 16.1 Å². The maximum absolute atomic E-state index is 12.2. The van der Waals surface area contributed by atoms with Gasteiger partial charge in [0, 0.05) is 17.9 Å². The Balaban J connectivity index is 1.27. The third kappa shape index (κ3) is 6.12. The first-order chi connectivity index (χ1) is 15.8. The van der Waals surface area contributed by atoms with Gasteiger partial charge in [-0.3, -0.25) is 14.9 Å². The van der Waals surface area contributed by atoms with Crippen LogP contribution in [0.1, 0.15) is 56.6 Å². The second-order valence-electron chi connectivity index (χ2n) is 9.87. The predicted molar refractivity (Wildman–Crippen MR) is 128 cm³/mol. The molecule has 2 aliphatic rings. The summed E-state index contributed by atoms with van der Waals surface area (Å²) in [7, 11) is 0. The molecule has 0 aromatic heterocycles. The second kappa shape index (κ2) is 9.65. The summed E-state index contributed by atoms with van der Waals surface area (Å²) < 4.78 is 0. The first kappa shape index (κ1) is 22.8. The number of nitrogens with zero attached hydrogens (tertiary/aromatic N) is 1. The van der Waals surface area contributed by atoms with Gasteiger partial charge in [-0.15, -0.1) is 0 Å². The van der Waals surface area contributed by atoms with E-state index in [0.29, 0.717) is 17.9 Å². The number of amides is 4. The minimum absolute atomic E-state index is 0.113. The van der Waals surface area contributed by atoms with Gasteiger partial charge in [0.15, 0.2) is 0 Å². The van der Waals surface area contributed by atoms with E-state index in [1.54, 1.807) is 0 Å². The number of piperazine rings is 1. The van der Waals surface area contributed by atoms with Crippen LogP contribution in [0, 0.1) is 5.41 Å². The van der Waals surface area contributed by atoms with Crippen LogP contribution in [0.2, 0.25) is 0 Å². The third-order valence-electron chi connectivity index (χ3n) is 6.64. The summed E-state index contributed by atoms with van der Waals surface area (Å²) >= 11 is 0. The van der Waals surface area contributed by atoms with Gasteiger partial charge in [0.05, 0.1) is 0 Å². The monoisotopic (exact) mass is 448 g/mol. The quantitative estimate of drug-likeness (QED) is 0.596. The van der Waals surface area contributed by atoms with Gasteiger partial charge in [-0.1, -0.05) is 38.1 Å². The van der Waals surface area contributed by atoms with Crippen LogP contribution >= 0.6 is 0 Å². The van der Waals surface area contributed by atoms with Gasteiger partial charge in [-0.2, -0.15) is 0 Å². The van der Waals surface area contributed by atoms with E-state index in [0.717, 1.165) is 16.9 Å². The number of hydrogen-bond donors (Lipinski definition) is 3. The Hall–Kier alpha value is -3.35. The van der Waals surface area contributed by atoms with Crippen molar-refractivity contribution in [1.82, 2.24) is 15.5 Å². The molecule has 2 aromatic rings. The van der Waals surface area contributed by atoms with Gasteiger partial charge < -0.3 is 15.5 Å². The van der Waals surface area contributed by atoms with E-state index in [2.05, 4.69) is 54.1 Å². The van der Waals surface area contributed by atoms with Crippen molar-refractivity contribution in [3.63, 3.8) is 0 Å². The average molecular weight is 449 g/mol. The Bertz CT molecular complexity index is 989. The Kier molecular flexibility index (Phi) is 6.67. The highest BCUT2D eigenvalue weighted by Gasteiger charge is 2.27. The van der Waals surface area contributed by atoms with Crippen LogP contribution in [0.4, 0.5) is 16.2 Å². The highest BCUT2D eigenvalue weighted by Crippen LogP contribution is 2.42. The maximum atomic E-state index is 12.2. The molecule has 0 bridgehead atoms. The van der Waals surface area contributed by atoms with Gasteiger partial charge in [-0.05, 0) is 72.4 Å². The third-order valence-corrected chi connectivity index (χ3v) is 6.64. The molecule has 2 aromatic carbocycles. The molecule has 0 atom stereocenters. The molecular weight excluding hydrogens is 416 g/mol. The van der Waals surface area contributed by atoms with Gasteiger partial charge in [0.1, 0.15) is 13.1 Å². The highest BCUT2D eigenvalue weighted by atomic mass is 16.2. The minimum Gasteiger partial charge on any atom is -0.356 e. The number of nitrogens with one attached hydrogen (secondary N) is 3. The lowest BCUT2D eigenvalue weighted by atomic mass is 9.71. The molecule has 1 saturated carbocycles. The van der Waals surface area contributed by atoms with E-state index in [9.17, 15) is 14.4 Å². The van der Waals surface area contributed by atoms with Crippen molar-refractivity contribution in [2.75, 3.05) is 18.4 Å². The molecule has 1 aliphatic carbocycles. The summed E-state index contributed by atoms with van der Waals surface area (Å²) in [5.41, 5.74) is 4.85. The fourth-order valence-corrected chi connectivity index (χ4v) is 4.51. The van der Waals surface area contributed by atoms with Gasteiger partial charge in [0.2, 0.25) is 11.8 Å². The molecule has 0 radical (unpaired) electrons. The van der Waals surface area contributed by atoms with Crippen molar-refractivity contribution < 1.29 is 14.4 Å². The molecule has 1 aliphatic heterocycles. The molecule has 3 N–H and O–H groups in total. The Morgan fingerprint density at radius 1 is 0.939 bits per heavy atom. The number of carbonyl (C=O) groups excluding carboxylic acids is 3. The van der Waals surface area contributed by atoms with Crippen LogP contribution in [0.3, 0.4) is 0 Å². The van der Waals surface area contributed by atoms with Crippen molar-refractivity contribution in [2.45, 2.75) is 52.0 Å². The van der Waals surface area contributed by atoms with E-state index in [4.69, 9.17) is 0 Å². The molecule has 174 valence electrons.